The number of aliphatic hydroxyl groups excluding tert-OH is 2. The summed E-state index contributed by atoms with van der Waals surface area (Å²) in [6.45, 7) is 6.49. The predicted octanol–water partition coefficient (Wildman–Crippen LogP) is 6.09. The van der Waals surface area contributed by atoms with Gasteiger partial charge in [0.1, 0.15) is 5.75 Å². The number of hydrogen-bond donors (Lipinski definition) is 3. The highest BCUT2D eigenvalue weighted by atomic mass is 16.3. The van der Waals surface area contributed by atoms with E-state index in [1.165, 1.54) is 11.1 Å². The highest BCUT2D eigenvalue weighted by Crippen LogP contribution is 2.48. The Morgan fingerprint density at radius 1 is 0.956 bits per heavy atom. The van der Waals surface area contributed by atoms with Crippen molar-refractivity contribution in [2.24, 2.45) is 17.8 Å². The van der Waals surface area contributed by atoms with Crippen LogP contribution in [0.15, 0.2) is 71.3 Å². The van der Waals surface area contributed by atoms with E-state index in [1.54, 1.807) is 17.0 Å². The van der Waals surface area contributed by atoms with Crippen LogP contribution >= 0.6 is 0 Å². The molecule has 0 bridgehead atoms. The van der Waals surface area contributed by atoms with Gasteiger partial charge < -0.3 is 15.3 Å². The van der Waals surface area contributed by atoms with Gasteiger partial charge in [-0.2, -0.15) is 0 Å². The van der Waals surface area contributed by atoms with Crippen molar-refractivity contribution in [3.05, 3.63) is 82.4 Å². The number of piperidine rings is 1. The summed E-state index contributed by atoms with van der Waals surface area (Å²) in [4.78, 5) is 31.9. The Morgan fingerprint density at radius 2 is 1.67 bits per heavy atom. The maximum atomic E-state index is 14.1. The molecular formula is C38H50N2O5. The minimum Gasteiger partial charge on any atom is -0.508 e. The first-order valence-electron chi connectivity index (χ1n) is 17.0. The first-order chi connectivity index (χ1) is 21.8. The number of carbonyl (C=O) groups is 2. The number of hydrogen-bond acceptors (Lipinski definition) is 6. The van der Waals surface area contributed by atoms with E-state index in [1.807, 2.05) is 30.3 Å². The number of carbonyl (C=O) groups excluding carboxylic acids is 2. The molecule has 0 saturated carbocycles. The Kier molecular flexibility index (Phi) is 11.3. The summed E-state index contributed by atoms with van der Waals surface area (Å²) in [5.74, 6) is -1.64. The average molecular weight is 615 g/mol. The number of allylic oxidation sites excluding steroid dienone is 2. The van der Waals surface area contributed by atoms with Gasteiger partial charge in [-0.15, -0.1) is 0 Å². The molecule has 2 saturated heterocycles. The number of phenolic OH excluding ortho intramolecular Hbond substituents is 1. The van der Waals surface area contributed by atoms with E-state index in [-0.39, 0.29) is 30.2 Å². The van der Waals surface area contributed by atoms with Crippen molar-refractivity contribution >= 4 is 17.9 Å². The molecule has 2 aromatic carbocycles. The zero-order valence-corrected chi connectivity index (χ0v) is 26.9. The van der Waals surface area contributed by atoms with Crippen molar-refractivity contribution in [2.45, 2.75) is 90.3 Å². The molecule has 4 atom stereocenters. The molecule has 2 heterocycles. The number of imide groups is 1. The van der Waals surface area contributed by atoms with Crippen molar-refractivity contribution in [1.82, 2.24) is 9.80 Å². The molecule has 2 aromatic rings. The van der Waals surface area contributed by atoms with Crippen LogP contribution in [0, 0.1) is 17.8 Å². The number of phenols is 1. The molecule has 2 fully saturated rings. The van der Waals surface area contributed by atoms with Gasteiger partial charge in [-0.25, -0.2) is 0 Å². The van der Waals surface area contributed by atoms with Crippen LogP contribution in [0.5, 0.6) is 5.75 Å². The highest BCUT2D eigenvalue weighted by Gasteiger charge is 2.56. The lowest BCUT2D eigenvalue weighted by Gasteiger charge is -2.37. The summed E-state index contributed by atoms with van der Waals surface area (Å²) in [6, 6.07) is 17.4. The van der Waals surface area contributed by atoms with Gasteiger partial charge in [0.05, 0.1) is 24.5 Å². The number of nitrogens with zero attached hydrogens (tertiary/aromatic N) is 2. The van der Waals surface area contributed by atoms with Gasteiger partial charge in [-0.1, -0.05) is 86.4 Å². The molecule has 45 heavy (non-hydrogen) atoms. The molecule has 0 unspecified atom stereocenters. The number of rotatable bonds is 13. The second-order valence-corrected chi connectivity index (χ2v) is 13.2. The highest BCUT2D eigenvalue weighted by molar-refractivity contribution is 6.06. The lowest BCUT2D eigenvalue weighted by Crippen LogP contribution is -2.47. The van der Waals surface area contributed by atoms with Gasteiger partial charge >= 0.3 is 0 Å². The summed E-state index contributed by atoms with van der Waals surface area (Å²) < 4.78 is 0. The largest absolute Gasteiger partial charge is 0.508 e. The Morgan fingerprint density at radius 3 is 2.31 bits per heavy atom. The van der Waals surface area contributed by atoms with E-state index >= 15 is 0 Å². The Balaban J connectivity index is 1.29. The lowest BCUT2D eigenvalue weighted by molar-refractivity contribution is -0.144. The van der Waals surface area contributed by atoms with Gasteiger partial charge in [0, 0.05) is 31.6 Å². The maximum absolute atomic E-state index is 14.1. The fraction of sp³-hybridized carbons (Fsp3) is 0.526. The van der Waals surface area contributed by atoms with Crippen LogP contribution in [0.4, 0.5) is 0 Å². The van der Waals surface area contributed by atoms with Crippen LogP contribution in [0.2, 0.25) is 0 Å². The fourth-order valence-corrected chi connectivity index (χ4v) is 7.93. The van der Waals surface area contributed by atoms with Gasteiger partial charge in [-0.3, -0.25) is 19.4 Å². The third-order valence-electron chi connectivity index (χ3n) is 10.1. The van der Waals surface area contributed by atoms with E-state index in [4.69, 9.17) is 0 Å². The summed E-state index contributed by atoms with van der Waals surface area (Å²) in [7, 11) is 0. The number of aromatic hydroxyl groups is 1. The Hall–Kier alpha value is -3.26. The van der Waals surface area contributed by atoms with Crippen LogP contribution in [0.1, 0.15) is 82.8 Å². The van der Waals surface area contributed by atoms with Gasteiger partial charge in [0.15, 0.2) is 0 Å². The quantitative estimate of drug-likeness (QED) is 0.187. The normalized spacial score (nSPS) is 24.0. The zero-order valence-electron chi connectivity index (χ0n) is 26.9. The molecule has 3 aliphatic rings. The first kappa shape index (κ1) is 33.1. The van der Waals surface area contributed by atoms with Crippen molar-refractivity contribution in [3.8, 4) is 5.75 Å². The monoisotopic (exact) mass is 614 g/mol. The van der Waals surface area contributed by atoms with E-state index in [0.717, 1.165) is 74.9 Å². The Labute approximate surface area is 268 Å². The number of aliphatic hydroxyl groups is 2. The van der Waals surface area contributed by atoms with E-state index in [0.29, 0.717) is 19.3 Å². The predicted molar refractivity (Wildman–Crippen MR) is 177 cm³/mol. The van der Waals surface area contributed by atoms with Gasteiger partial charge in [0.2, 0.25) is 11.8 Å². The third-order valence-corrected chi connectivity index (χ3v) is 10.1. The van der Waals surface area contributed by atoms with Crippen LogP contribution < -0.4 is 0 Å². The number of amides is 2. The summed E-state index contributed by atoms with van der Waals surface area (Å²) in [5, 5.41) is 32.1. The lowest BCUT2D eigenvalue weighted by atomic mass is 9.67. The summed E-state index contributed by atoms with van der Waals surface area (Å²) >= 11 is 0. The second-order valence-electron chi connectivity index (χ2n) is 13.2. The number of fused-ring (bicyclic) bond motifs is 1. The van der Waals surface area contributed by atoms with Crippen LogP contribution in [0.3, 0.4) is 0 Å². The van der Waals surface area contributed by atoms with Gasteiger partial charge in [-0.05, 0) is 73.8 Å². The molecule has 7 nitrogen and oxygen atoms in total. The van der Waals surface area contributed by atoms with E-state index in [2.05, 4.69) is 37.0 Å². The summed E-state index contributed by atoms with van der Waals surface area (Å²) in [5.41, 5.74) is 5.32. The molecule has 2 amide bonds. The summed E-state index contributed by atoms with van der Waals surface area (Å²) in [6.07, 6.45) is 8.00. The fourth-order valence-electron chi connectivity index (χ4n) is 7.93. The molecule has 2 aliphatic heterocycles. The number of benzene rings is 2. The average Bonchev–Trinajstić information content (AvgIpc) is 3.30. The third kappa shape index (κ3) is 7.59. The van der Waals surface area contributed by atoms with E-state index in [9.17, 15) is 24.9 Å². The maximum Gasteiger partial charge on any atom is 0.234 e. The molecule has 7 heteroatoms. The van der Waals surface area contributed by atoms with Crippen LogP contribution in [-0.2, 0) is 16.1 Å². The standard InChI is InChI=1S/C38H50N2O5/c1-3-8-26(22-27-12-15-31(42)16-13-27)14-17-34(43)35-29(9-4-2)23-32-36(33(35)25-41)38(45)40(37(32)44)30-18-20-39(21-19-30)24-28-10-6-5-7-11-28/h5-7,10-13,15-16,22,30,32-34,36,41-43H,3-4,8-9,14,17-21,23-25H2,1-2H3/b26-22+/t32-,33+,34-,36-/m1/s1. The molecule has 0 aromatic heterocycles. The number of likely N-dealkylation sites (tertiary alicyclic amines) is 2. The van der Waals surface area contributed by atoms with Crippen LogP contribution in [-0.4, -0.2) is 68.8 Å². The van der Waals surface area contributed by atoms with E-state index < -0.39 is 23.9 Å². The molecular weight excluding hydrogens is 564 g/mol. The molecule has 0 spiro atoms. The zero-order chi connectivity index (χ0) is 31.9. The molecule has 1 aliphatic carbocycles. The molecule has 0 radical (unpaired) electrons. The smallest absolute Gasteiger partial charge is 0.234 e. The molecule has 242 valence electrons. The van der Waals surface area contributed by atoms with Crippen molar-refractivity contribution in [1.29, 1.82) is 0 Å². The van der Waals surface area contributed by atoms with Crippen molar-refractivity contribution in [3.63, 3.8) is 0 Å². The Bertz CT molecular complexity index is 1360. The SMILES string of the molecule is CCCC1=C([C@H](O)CC/C(=C/c2ccc(O)cc2)CCC)[C@H](CO)[C@@H]2C(=O)N(C3CCN(Cc4ccccc4)CC3)C(=O)[C@@H]2C1. The van der Waals surface area contributed by atoms with Crippen molar-refractivity contribution in [2.75, 3.05) is 19.7 Å². The minimum atomic E-state index is -0.789. The first-order valence-corrected chi connectivity index (χ1v) is 17.0. The van der Waals surface area contributed by atoms with Crippen molar-refractivity contribution < 1.29 is 24.9 Å². The second kappa shape index (κ2) is 15.4. The minimum absolute atomic E-state index is 0.0887. The van der Waals surface area contributed by atoms with Gasteiger partial charge in [0.25, 0.3) is 0 Å². The topological polar surface area (TPSA) is 101 Å². The van der Waals surface area contributed by atoms with Crippen LogP contribution in [0.25, 0.3) is 6.08 Å². The molecule has 3 N–H and O–H groups in total. The molecule has 5 rings (SSSR count).